The number of sulfonamides is 1. The largest absolute Gasteiger partial charge is 0.492 e. The zero-order valence-electron chi connectivity index (χ0n) is 17.4. The van der Waals surface area contributed by atoms with Crippen molar-refractivity contribution in [3.63, 3.8) is 0 Å². The second-order valence-corrected chi connectivity index (χ2v) is 9.28. The Bertz CT molecular complexity index is 1260. The van der Waals surface area contributed by atoms with E-state index in [1.54, 1.807) is 19.1 Å². The number of carbonyl (C=O) groups excluding carboxylic acids is 2. The topological polar surface area (TPSA) is 98.8 Å². The van der Waals surface area contributed by atoms with Gasteiger partial charge in [0.15, 0.2) is 12.4 Å². The summed E-state index contributed by atoms with van der Waals surface area (Å²) in [6, 6.07) is 15.1. The molecule has 0 aliphatic rings. The lowest BCUT2D eigenvalue weighted by Crippen LogP contribution is -2.15. The Kier molecular flexibility index (Phi) is 7.83. The number of carbonyl (C=O) groups is 2. The minimum atomic E-state index is -3.97. The second-order valence-electron chi connectivity index (χ2n) is 6.71. The van der Waals surface area contributed by atoms with E-state index in [2.05, 4.69) is 20.7 Å². The third kappa shape index (κ3) is 6.39. The molecule has 0 radical (unpaired) electrons. The van der Waals surface area contributed by atoms with Crippen molar-refractivity contribution in [2.24, 2.45) is 0 Å². The Morgan fingerprint density at radius 1 is 0.970 bits per heavy atom. The smallest absolute Gasteiger partial charge is 0.338 e. The summed E-state index contributed by atoms with van der Waals surface area (Å²) in [5, 5.41) is 0. The quantitative estimate of drug-likeness (QED) is 0.311. The number of ether oxygens (including phenoxy) is 2. The predicted octanol–water partition coefficient (Wildman–Crippen LogP) is 4.83. The molecular weight excluding hydrogens is 517 g/mol. The number of Topliss-reactive ketones (excluding diaryl/α,β-unsaturated/α-hetero) is 1. The highest BCUT2D eigenvalue weighted by atomic mass is 79.9. The van der Waals surface area contributed by atoms with E-state index in [0.717, 1.165) is 12.1 Å². The maximum absolute atomic E-state index is 12.9. The Balaban J connectivity index is 1.66. The molecule has 7 nitrogen and oxygen atoms in total. The van der Waals surface area contributed by atoms with Gasteiger partial charge >= 0.3 is 5.97 Å². The molecule has 0 heterocycles. The molecule has 0 saturated heterocycles. The van der Waals surface area contributed by atoms with Crippen molar-refractivity contribution in [1.82, 2.24) is 0 Å². The van der Waals surface area contributed by atoms with Crippen molar-refractivity contribution in [3.05, 3.63) is 88.1 Å². The summed E-state index contributed by atoms with van der Waals surface area (Å²) in [6.45, 7) is 1.53. The lowest BCUT2D eigenvalue weighted by Gasteiger charge is -2.13. The van der Waals surface area contributed by atoms with Crippen LogP contribution >= 0.6 is 15.9 Å². The van der Waals surface area contributed by atoms with Crippen molar-refractivity contribution in [3.8, 4) is 5.75 Å². The van der Waals surface area contributed by atoms with Crippen molar-refractivity contribution in [2.45, 2.75) is 11.8 Å². The van der Waals surface area contributed by atoms with E-state index in [9.17, 15) is 22.4 Å². The number of esters is 1. The fraction of sp³-hybridized carbons (Fsp3) is 0.130. The Hall–Kier alpha value is -3.24. The molecule has 0 atom stereocenters. The summed E-state index contributed by atoms with van der Waals surface area (Å²) < 4.78 is 52.0. The first-order chi connectivity index (χ1) is 15.7. The second kappa shape index (κ2) is 10.6. The zero-order valence-corrected chi connectivity index (χ0v) is 19.8. The van der Waals surface area contributed by atoms with Gasteiger partial charge in [0.25, 0.3) is 10.0 Å². The van der Waals surface area contributed by atoms with Gasteiger partial charge in [0.1, 0.15) is 16.5 Å². The molecule has 0 aliphatic carbocycles. The van der Waals surface area contributed by atoms with Crippen LogP contribution in [0.1, 0.15) is 27.6 Å². The van der Waals surface area contributed by atoms with Crippen LogP contribution in [0.2, 0.25) is 0 Å². The molecule has 172 valence electrons. The molecule has 0 amide bonds. The van der Waals surface area contributed by atoms with Crippen molar-refractivity contribution >= 4 is 43.4 Å². The SMILES string of the molecule is CCOc1ccc(Br)cc1S(=O)(=O)Nc1ccc(C(=O)OCC(=O)c2ccc(F)cc2)cc1. The maximum Gasteiger partial charge on any atom is 0.338 e. The normalized spacial score (nSPS) is 11.0. The number of hydrogen-bond acceptors (Lipinski definition) is 6. The van der Waals surface area contributed by atoms with Crippen LogP contribution in [0, 0.1) is 5.82 Å². The monoisotopic (exact) mass is 535 g/mol. The highest BCUT2D eigenvalue weighted by Crippen LogP contribution is 2.29. The number of hydrogen-bond donors (Lipinski definition) is 1. The van der Waals surface area contributed by atoms with E-state index in [4.69, 9.17) is 9.47 Å². The van der Waals surface area contributed by atoms with E-state index in [-0.39, 0.29) is 27.5 Å². The van der Waals surface area contributed by atoms with Gasteiger partial charge in [-0.2, -0.15) is 0 Å². The molecule has 0 aliphatic heterocycles. The van der Waals surface area contributed by atoms with Gasteiger partial charge in [-0.3, -0.25) is 9.52 Å². The fourth-order valence-corrected chi connectivity index (χ4v) is 4.53. The van der Waals surface area contributed by atoms with Crippen LogP contribution in [0.4, 0.5) is 10.1 Å². The molecule has 0 saturated carbocycles. The standard InChI is InChI=1S/C23H19BrFNO6S/c1-2-31-21-12-7-17(24)13-22(21)33(29,30)26-19-10-5-16(6-11-19)23(28)32-14-20(27)15-3-8-18(25)9-4-15/h3-13,26H,2,14H2,1H3. The van der Waals surface area contributed by atoms with E-state index in [1.165, 1.54) is 42.5 Å². The van der Waals surface area contributed by atoms with E-state index in [0.29, 0.717) is 11.1 Å². The minimum absolute atomic E-state index is 0.0403. The van der Waals surface area contributed by atoms with Crippen LogP contribution in [0.25, 0.3) is 0 Å². The predicted molar refractivity (Wildman–Crippen MR) is 124 cm³/mol. The van der Waals surface area contributed by atoms with Gasteiger partial charge in [0.05, 0.1) is 12.2 Å². The van der Waals surface area contributed by atoms with Gasteiger partial charge < -0.3 is 9.47 Å². The summed E-state index contributed by atoms with van der Waals surface area (Å²) in [6.07, 6.45) is 0. The molecule has 1 N–H and O–H groups in total. The van der Waals surface area contributed by atoms with Gasteiger partial charge in [-0.15, -0.1) is 0 Å². The average Bonchev–Trinajstić information content (AvgIpc) is 2.79. The average molecular weight is 536 g/mol. The van der Waals surface area contributed by atoms with Gasteiger partial charge in [-0.05, 0) is 73.7 Å². The highest BCUT2D eigenvalue weighted by Gasteiger charge is 2.21. The first-order valence-electron chi connectivity index (χ1n) is 9.70. The lowest BCUT2D eigenvalue weighted by atomic mass is 10.1. The van der Waals surface area contributed by atoms with Gasteiger partial charge in [0.2, 0.25) is 0 Å². The van der Waals surface area contributed by atoms with E-state index in [1.807, 2.05) is 0 Å². The number of rotatable bonds is 9. The molecule has 3 rings (SSSR count). The molecule has 3 aromatic rings. The lowest BCUT2D eigenvalue weighted by molar-refractivity contribution is 0.0474. The maximum atomic E-state index is 12.9. The molecular formula is C23H19BrFNO6S. The molecule has 0 unspecified atom stereocenters. The molecule has 33 heavy (non-hydrogen) atoms. The van der Waals surface area contributed by atoms with Crippen LogP contribution in [-0.2, 0) is 14.8 Å². The summed E-state index contributed by atoms with van der Waals surface area (Å²) in [5.74, 6) is -1.51. The van der Waals surface area contributed by atoms with Crippen molar-refractivity contribution in [2.75, 3.05) is 17.9 Å². The Labute approximate surface area is 198 Å². The molecule has 0 aromatic heterocycles. The first kappa shape index (κ1) is 24.4. The first-order valence-corrected chi connectivity index (χ1v) is 12.0. The number of ketones is 1. The van der Waals surface area contributed by atoms with Crippen LogP contribution in [0.3, 0.4) is 0 Å². The van der Waals surface area contributed by atoms with Crippen LogP contribution < -0.4 is 9.46 Å². The Morgan fingerprint density at radius 3 is 2.24 bits per heavy atom. The number of benzene rings is 3. The van der Waals surface area contributed by atoms with Crippen LogP contribution in [0.15, 0.2) is 76.1 Å². The molecule has 0 bridgehead atoms. The number of nitrogens with one attached hydrogen (secondary N) is 1. The zero-order chi connectivity index (χ0) is 24.0. The molecule has 3 aromatic carbocycles. The van der Waals surface area contributed by atoms with E-state index < -0.39 is 34.2 Å². The van der Waals surface area contributed by atoms with Crippen molar-refractivity contribution < 1.29 is 31.9 Å². The molecule has 0 fully saturated rings. The molecule has 0 spiro atoms. The van der Waals surface area contributed by atoms with E-state index >= 15 is 0 Å². The minimum Gasteiger partial charge on any atom is -0.492 e. The van der Waals surface area contributed by atoms with Crippen LogP contribution in [-0.4, -0.2) is 33.4 Å². The summed E-state index contributed by atoms with van der Waals surface area (Å²) in [4.78, 5) is 24.2. The Morgan fingerprint density at radius 2 is 1.61 bits per heavy atom. The van der Waals surface area contributed by atoms with Gasteiger partial charge in [-0.1, -0.05) is 15.9 Å². The highest BCUT2D eigenvalue weighted by molar-refractivity contribution is 9.10. The van der Waals surface area contributed by atoms with Crippen LogP contribution in [0.5, 0.6) is 5.75 Å². The van der Waals surface area contributed by atoms with Gasteiger partial charge in [-0.25, -0.2) is 17.6 Å². The third-order valence-electron chi connectivity index (χ3n) is 4.37. The van der Waals surface area contributed by atoms with Gasteiger partial charge in [0, 0.05) is 15.7 Å². The summed E-state index contributed by atoms with van der Waals surface area (Å²) >= 11 is 3.25. The number of anilines is 1. The summed E-state index contributed by atoms with van der Waals surface area (Å²) in [7, 11) is -3.97. The van der Waals surface area contributed by atoms with Crippen molar-refractivity contribution in [1.29, 1.82) is 0 Å². The molecule has 10 heteroatoms. The fourth-order valence-electron chi connectivity index (χ4n) is 2.78. The third-order valence-corrected chi connectivity index (χ3v) is 6.26. The summed E-state index contributed by atoms with van der Waals surface area (Å²) in [5.41, 5.74) is 0.562. The number of halogens is 2.